The fourth-order valence-corrected chi connectivity index (χ4v) is 1.88. The molecule has 0 radical (unpaired) electrons. The Labute approximate surface area is 89.2 Å². The molecule has 0 unspecified atom stereocenters. The number of rotatable bonds is 3. The predicted octanol–water partition coefficient (Wildman–Crippen LogP) is 3.61. The van der Waals surface area contributed by atoms with Crippen molar-refractivity contribution in [3.8, 4) is 0 Å². The number of Topliss-reactive ketones (excluding diaryl/α,β-unsaturated/α-hetero) is 1. The van der Waals surface area contributed by atoms with Gasteiger partial charge in [-0.2, -0.15) is 0 Å². The summed E-state index contributed by atoms with van der Waals surface area (Å²) in [6.45, 7) is 3.60. The van der Waals surface area contributed by atoms with E-state index in [1.165, 1.54) is 10.5 Å². The van der Waals surface area contributed by atoms with Crippen LogP contribution in [0.2, 0.25) is 0 Å². The van der Waals surface area contributed by atoms with E-state index in [9.17, 15) is 4.79 Å². The summed E-state index contributed by atoms with van der Waals surface area (Å²) in [5, 5.41) is 0. The molecule has 2 heteroatoms. The number of carbonyl (C=O) groups excluding carboxylic acids is 1. The largest absolute Gasteiger partial charge is 0.295 e. The van der Waals surface area contributed by atoms with Crippen LogP contribution in [-0.2, 0) is 0 Å². The number of ketones is 1. The average Bonchev–Trinajstić information content (AvgIpc) is 2.20. The van der Waals surface area contributed by atoms with Crippen LogP contribution in [-0.4, -0.2) is 12.0 Å². The van der Waals surface area contributed by atoms with E-state index in [0.29, 0.717) is 0 Å². The second-order valence-electron chi connectivity index (χ2n) is 2.99. The van der Waals surface area contributed by atoms with Gasteiger partial charge >= 0.3 is 0 Å². The molecule has 0 saturated carbocycles. The lowest BCUT2D eigenvalue weighted by molar-refractivity contribution is 0.101. The standard InChI is InChI=1S/C12H14OS/c1-4-12(14-3)11-7-5-10(6-8-11)9(2)13/h4-8H,1-3H3/b12-4+. The van der Waals surface area contributed by atoms with Crippen LogP contribution in [0.1, 0.15) is 29.8 Å². The number of allylic oxidation sites excluding steroid dienone is 1. The van der Waals surface area contributed by atoms with Crippen LogP contribution in [0.4, 0.5) is 0 Å². The molecule has 0 heterocycles. The lowest BCUT2D eigenvalue weighted by Crippen LogP contribution is -1.91. The quantitative estimate of drug-likeness (QED) is 0.703. The second-order valence-corrected chi connectivity index (χ2v) is 3.84. The van der Waals surface area contributed by atoms with Gasteiger partial charge in [0.2, 0.25) is 0 Å². The summed E-state index contributed by atoms with van der Waals surface area (Å²) in [5.41, 5.74) is 1.94. The molecule has 14 heavy (non-hydrogen) atoms. The molecule has 0 aromatic heterocycles. The van der Waals surface area contributed by atoms with Crippen molar-refractivity contribution in [1.82, 2.24) is 0 Å². The monoisotopic (exact) mass is 206 g/mol. The summed E-state index contributed by atoms with van der Waals surface area (Å²) in [5.74, 6) is 0.114. The van der Waals surface area contributed by atoms with E-state index >= 15 is 0 Å². The molecule has 74 valence electrons. The van der Waals surface area contributed by atoms with E-state index in [-0.39, 0.29) is 5.78 Å². The maximum absolute atomic E-state index is 11.0. The molecule has 1 aromatic rings. The molecule has 0 bridgehead atoms. The van der Waals surface area contributed by atoms with Crippen molar-refractivity contribution in [2.75, 3.05) is 6.26 Å². The van der Waals surface area contributed by atoms with Crippen LogP contribution in [0.5, 0.6) is 0 Å². The van der Waals surface area contributed by atoms with Gasteiger partial charge in [-0.25, -0.2) is 0 Å². The highest BCUT2D eigenvalue weighted by molar-refractivity contribution is 8.07. The second kappa shape index (κ2) is 5.01. The fraction of sp³-hybridized carbons (Fsp3) is 0.250. The first-order chi connectivity index (χ1) is 6.69. The number of carbonyl (C=O) groups is 1. The molecular weight excluding hydrogens is 192 g/mol. The van der Waals surface area contributed by atoms with E-state index in [0.717, 1.165) is 5.56 Å². The molecule has 0 fully saturated rings. The molecule has 1 rings (SSSR count). The minimum atomic E-state index is 0.114. The molecule has 1 nitrogen and oxygen atoms in total. The van der Waals surface area contributed by atoms with Gasteiger partial charge in [0.05, 0.1) is 0 Å². The molecule has 0 saturated heterocycles. The van der Waals surface area contributed by atoms with Gasteiger partial charge in [0.1, 0.15) is 0 Å². The van der Waals surface area contributed by atoms with E-state index < -0.39 is 0 Å². The normalized spacial score (nSPS) is 11.5. The van der Waals surface area contributed by atoms with Crippen LogP contribution >= 0.6 is 11.8 Å². The van der Waals surface area contributed by atoms with Crippen molar-refractivity contribution < 1.29 is 4.79 Å². The van der Waals surface area contributed by atoms with Crippen molar-refractivity contribution in [3.05, 3.63) is 41.5 Å². The van der Waals surface area contributed by atoms with Gasteiger partial charge in [0.15, 0.2) is 5.78 Å². The van der Waals surface area contributed by atoms with Crippen LogP contribution in [0.25, 0.3) is 4.91 Å². The molecule has 0 N–H and O–H groups in total. The minimum Gasteiger partial charge on any atom is -0.295 e. The van der Waals surface area contributed by atoms with Crippen molar-refractivity contribution in [1.29, 1.82) is 0 Å². The highest BCUT2D eigenvalue weighted by atomic mass is 32.2. The Morgan fingerprint density at radius 1 is 1.21 bits per heavy atom. The van der Waals surface area contributed by atoms with Crippen LogP contribution in [0.15, 0.2) is 30.3 Å². The molecule has 0 aliphatic rings. The van der Waals surface area contributed by atoms with Crippen molar-refractivity contribution in [2.45, 2.75) is 13.8 Å². The van der Waals surface area contributed by atoms with Gasteiger partial charge in [0, 0.05) is 10.5 Å². The van der Waals surface area contributed by atoms with Crippen LogP contribution in [0.3, 0.4) is 0 Å². The number of thioether (sulfide) groups is 1. The summed E-state index contributed by atoms with van der Waals surface area (Å²) >= 11 is 1.71. The third-order valence-corrected chi connectivity index (χ3v) is 2.97. The highest BCUT2D eigenvalue weighted by Crippen LogP contribution is 2.24. The van der Waals surface area contributed by atoms with Gasteiger partial charge in [-0.05, 0) is 25.7 Å². The SMILES string of the molecule is C/C=C(/SC)c1ccc(C(C)=O)cc1. The first kappa shape index (κ1) is 11.1. The van der Waals surface area contributed by atoms with Crippen LogP contribution < -0.4 is 0 Å². The van der Waals surface area contributed by atoms with Crippen LogP contribution in [0, 0.1) is 0 Å². The third-order valence-electron chi connectivity index (χ3n) is 2.06. The fourth-order valence-electron chi connectivity index (χ4n) is 1.27. The van der Waals surface area contributed by atoms with E-state index in [4.69, 9.17) is 0 Å². The smallest absolute Gasteiger partial charge is 0.159 e. The zero-order valence-corrected chi connectivity index (χ0v) is 9.52. The molecule has 0 amide bonds. The zero-order chi connectivity index (χ0) is 10.6. The highest BCUT2D eigenvalue weighted by Gasteiger charge is 2.01. The Balaban J connectivity index is 2.99. The van der Waals surface area contributed by atoms with Gasteiger partial charge in [-0.3, -0.25) is 4.79 Å². The van der Waals surface area contributed by atoms with Crippen molar-refractivity contribution in [3.63, 3.8) is 0 Å². The topological polar surface area (TPSA) is 17.1 Å². The first-order valence-electron chi connectivity index (χ1n) is 4.50. The lowest BCUT2D eigenvalue weighted by Gasteiger charge is -2.03. The average molecular weight is 206 g/mol. The Kier molecular flexibility index (Phi) is 3.96. The molecule has 0 atom stereocenters. The van der Waals surface area contributed by atoms with Gasteiger partial charge < -0.3 is 0 Å². The number of benzene rings is 1. The van der Waals surface area contributed by atoms with Crippen molar-refractivity contribution >= 4 is 22.5 Å². The summed E-state index contributed by atoms with van der Waals surface area (Å²) in [6.07, 6.45) is 4.13. The van der Waals surface area contributed by atoms with Crippen molar-refractivity contribution in [2.24, 2.45) is 0 Å². The summed E-state index contributed by atoms with van der Waals surface area (Å²) in [4.78, 5) is 12.3. The number of hydrogen-bond acceptors (Lipinski definition) is 2. The summed E-state index contributed by atoms with van der Waals surface area (Å²) in [7, 11) is 0. The van der Waals surface area contributed by atoms with E-state index in [1.54, 1.807) is 18.7 Å². The zero-order valence-electron chi connectivity index (χ0n) is 8.70. The Bertz CT molecular complexity index is 349. The Hall–Kier alpha value is -1.02. The molecule has 0 aliphatic carbocycles. The number of hydrogen-bond donors (Lipinski definition) is 0. The van der Waals surface area contributed by atoms with Gasteiger partial charge in [-0.1, -0.05) is 30.3 Å². The summed E-state index contributed by atoms with van der Waals surface area (Å²) in [6, 6.07) is 7.72. The first-order valence-corrected chi connectivity index (χ1v) is 5.73. The molecular formula is C12H14OS. The third kappa shape index (κ3) is 2.48. The Morgan fingerprint density at radius 2 is 1.71 bits per heavy atom. The maximum Gasteiger partial charge on any atom is 0.159 e. The minimum absolute atomic E-state index is 0.114. The lowest BCUT2D eigenvalue weighted by atomic mass is 10.1. The van der Waals surface area contributed by atoms with Gasteiger partial charge in [0.25, 0.3) is 0 Å². The molecule has 0 spiro atoms. The Morgan fingerprint density at radius 3 is 2.07 bits per heavy atom. The van der Waals surface area contributed by atoms with Gasteiger partial charge in [-0.15, -0.1) is 11.8 Å². The maximum atomic E-state index is 11.0. The summed E-state index contributed by atoms with van der Waals surface area (Å²) < 4.78 is 0. The molecule has 1 aromatic carbocycles. The van der Waals surface area contributed by atoms with E-state index in [2.05, 4.69) is 6.08 Å². The predicted molar refractivity (Wildman–Crippen MR) is 63.6 cm³/mol. The molecule has 0 aliphatic heterocycles. The van der Waals surface area contributed by atoms with E-state index in [1.807, 2.05) is 37.4 Å².